The molecule has 3 rings (SSSR count). The summed E-state index contributed by atoms with van der Waals surface area (Å²) in [5.41, 5.74) is 2.37. The zero-order valence-corrected chi connectivity index (χ0v) is 14.6. The summed E-state index contributed by atoms with van der Waals surface area (Å²) in [5.74, 6) is 0.894. The normalized spacial score (nSPS) is 10.8. The molecule has 1 heterocycles. The minimum absolute atomic E-state index is 0.178. The fourth-order valence-corrected chi connectivity index (χ4v) is 2.85. The number of nitrogens with zero attached hydrogens (tertiary/aromatic N) is 1. The maximum absolute atomic E-state index is 12.8. The third kappa shape index (κ3) is 2.97. The highest BCUT2D eigenvalue weighted by molar-refractivity contribution is 6.31. The van der Waals surface area contributed by atoms with Gasteiger partial charge in [-0.2, -0.15) is 0 Å². The predicted molar refractivity (Wildman–Crippen MR) is 94.8 cm³/mol. The highest BCUT2D eigenvalue weighted by Gasteiger charge is 2.21. The molecule has 0 radical (unpaired) electrons. The Morgan fingerprint density at radius 3 is 2.71 bits per heavy atom. The average molecular weight is 344 g/mol. The molecule has 0 bridgehead atoms. The van der Waals surface area contributed by atoms with E-state index < -0.39 is 0 Å². The Morgan fingerprint density at radius 2 is 2.00 bits per heavy atom. The number of amides is 1. The van der Waals surface area contributed by atoms with E-state index in [1.54, 1.807) is 19.1 Å². The highest BCUT2D eigenvalue weighted by Crippen LogP contribution is 2.29. The number of carbonyl (C=O) groups excluding carboxylic acids is 1. The molecule has 0 saturated heterocycles. The summed E-state index contributed by atoms with van der Waals surface area (Å²) in [4.78, 5) is 14.4. The van der Waals surface area contributed by atoms with Gasteiger partial charge in [0.2, 0.25) is 0 Å². The van der Waals surface area contributed by atoms with Crippen molar-refractivity contribution < 1.29 is 13.9 Å². The first-order valence-electron chi connectivity index (χ1n) is 7.57. The number of fused-ring (bicyclic) bond motifs is 1. The van der Waals surface area contributed by atoms with Gasteiger partial charge in [0, 0.05) is 29.6 Å². The van der Waals surface area contributed by atoms with Crippen molar-refractivity contribution in [1.82, 2.24) is 4.90 Å². The van der Waals surface area contributed by atoms with E-state index in [0.717, 1.165) is 22.3 Å². The lowest BCUT2D eigenvalue weighted by Crippen LogP contribution is -2.26. The molecule has 0 aliphatic carbocycles. The van der Waals surface area contributed by atoms with Gasteiger partial charge in [0.1, 0.15) is 11.3 Å². The van der Waals surface area contributed by atoms with Gasteiger partial charge in [-0.25, -0.2) is 0 Å². The first-order chi connectivity index (χ1) is 11.5. The fraction of sp³-hybridized carbons (Fsp3) is 0.211. The molecule has 1 amide bonds. The van der Waals surface area contributed by atoms with Crippen LogP contribution in [0.3, 0.4) is 0 Å². The molecule has 0 atom stereocenters. The molecule has 124 valence electrons. The Balaban J connectivity index is 1.90. The van der Waals surface area contributed by atoms with Crippen LogP contribution in [-0.2, 0) is 6.54 Å². The average Bonchev–Trinajstić information content (AvgIpc) is 2.92. The van der Waals surface area contributed by atoms with Crippen LogP contribution in [0.15, 0.2) is 46.9 Å². The van der Waals surface area contributed by atoms with Crippen LogP contribution in [0.1, 0.15) is 21.7 Å². The Bertz CT molecular complexity index is 901. The molecule has 3 aromatic rings. The van der Waals surface area contributed by atoms with E-state index in [0.29, 0.717) is 22.9 Å². The topological polar surface area (TPSA) is 42.7 Å². The number of furan rings is 1. The number of aryl methyl sites for hydroxylation is 1. The Morgan fingerprint density at radius 1 is 1.25 bits per heavy atom. The minimum Gasteiger partial charge on any atom is -0.497 e. The van der Waals surface area contributed by atoms with E-state index in [1.165, 1.54) is 0 Å². The zero-order chi connectivity index (χ0) is 17.3. The first-order valence-corrected chi connectivity index (χ1v) is 7.95. The lowest BCUT2D eigenvalue weighted by atomic mass is 10.1. The predicted octanol–water partition coefficient (Wildman–Crippen LogP) is 4.68. The van der Waals surface area contributed by atoms with Crippen molar-refractivity contribution in [2.75, 3.05) is 14.2 Å². The van der Waals surface area contributed by atoms with E-state index in [4.69, 9.17) is 20.8 Å². The van der Waals surface area contributed by atoms with Gasteiger partial charge >= 0.3 is 0 Å². The van der Waals surface area contributed by atoms with Crippen LogP contribution < -0.4 is 4.74 Å². The molecular weight excluding hydrogens is 326 g/mol. The SMILES string of the molecule is COc1ccc2oc(C(=O)N(C)Cc3ccccc3Cl)c(C)c2c1. The number of rotatable bonds is 4. The molecule has 0 aliphatic rings. The largest absolute Gasteiger partial charge is 0.497 e. The first kappa shape index (κ1) is 16.4. The van der Waals surface area contributed by atoms with E-state index in [1.807, 2.05) is 49.4 Å². The third-order valence-electron chi connectivity index (χ3n) is 4.05. The van der Waals surface area contributed by atoms with Gasteiger partial charge in [-0.3, -0.25) is 4.79 Å². The molecule has 0 N–H and O–H groups in total. The van der Waals surface area contributed by atoms with Crippen LogP contribution in [0.5, 0.6) is 5.75 Å². The van der Waals surface area contributed by atoms with Gasteiger partial charge in [-0.05, 0) is 36.8 Å². The summed E-state index contributed by atoms with van der Waals surface area (Å²) in [6, 6.07) is 13.0. The van der Waals surface area contributed by atoms with Gasteiger partial charge in [0.05, 0.1) is 7.11 Å². The second-order valence-electron chi connectivity index (χ2n) is 5.67. The summed E-state index contributed by atoms with van der Waals surface area (Å²) in [5, 5.41) is 1.52. The van der Waals surface area contributed by atoms with E-state index >= 15 is 0 Å². The molecule has 24 heavy (non-hydrogen) atoms. The van der Waals surface area contributed by atoms with E-state index in [9.17, 15) is 4.79 Å². The minimum atomic E-state index is -0.178. The number of hydrogen-bond donors (Lipinski definition) is 0. The van der Waals surface area contributed by atoms with Crippen molar-refractivity contribution in [3.63, 3.8) is 0 Å². The zero-order valence-electron chi connectivity index (χ0n) is 13.8. The van der Waals surface area contributed by atoms with Crippen molar-refractivity contribution in [3.05, 3.63) is 64.4 Å². The summed E-state index contributed by atoms with van der Waals surface area (Å²) < 4.78 is 11.0. The molecule has 5 heteroatoms. The molecule has 0 spiro atoms. The number of halogens is 1. The molecule has 0 fully saturated rings. The Kier molecular flexibility index (Phi) is 4.49. The number of methoxy groups -OCH3 is 1. The summed E-state index contributed by atoms with van der Waals surface area (Å²) in [6.07, 6.45) is 0. The standard InChI is InChI=1S/C19H18ClNO3/c1-12-15-10-14(23-3)8-9-17(15)24-18(12)19(22)21(2)11-13-6-4-5-7-16(13)20/h4-10H,11H2,1-3H3. The van der Waals surface area contributed by atoms with E-state index in [2.05, 4.69) is 0 Å². The number of benzene rings is 2. The Hall–Kier alpha value is -2.46. The number of carbonyl (C=O) groups is 1. The van der Waals surface area contributed by atoms with Crippen LogP contribution in [0.4, 0.5) is 0 Å². The molecular formula is C19H18ClNO3. The van der Waals surface area contributed by atoms with Crippen LogP contribution in [0.2, 0.25) is 5.02 Å². The third-order valence-corrected chi connectivity index (χ3v) is 4.42. The van der Waals surface area contributed by atoms with Gasteiger partial charge < -0.3 is 14.1 Å². The smallest absolute Gasteiger partial charge is 0.289 e. The molecule has 0 saturated carbocycles. The molecule has 4 nitrogen and oxygen atoms in total. The Labute approximate surface area is 145 Å². The molecule has 0 aliphatic heterocycles. The van der Waals surface area contributed by atoms with Crippen LogP contribution in [0, 0.1) is 6.92 Å². The second kappa shape index (κ2) is 6.57. The fourth-order valence-electron chi connectivity index (χ4n) is 2.66. The second-order valence-corrected chi connectivity index (χ2v) is 6.08. The molecule has 2 aromatic carbocycles. The van der Waals surface area contributed by atoms with Crippen LogP contribution in [0.25, 0.3) is 11.0 Å². The van der Waals surface area contributed by atoms with Crippen molar-refractivity contribution >= 4 is 28.5 Å². The number of hydrogen-bond acceptors (Lipinski definition) is 3. The van der Waals surface area contributed by atoms with Gasteiger partial charge in [0.15, 0.2) is 5.76 Å². The van der Waals surface area contributed by atoms with Crippen molar-refractivity contribution in [1.29, 1.82) is 0 Å². The lowest BCUT2D eigenvalue weighted by molar-refractivity contribution is 0.0755. The highest BCUT2D eigenvalue weighted by atomic mass is 35.5. The maximum atomic E-state index is 12.8. The monoisotopic (exact) mass is 343 g/mol. The summed E-state index contributed by atoms with van der Waals surface area (Å²) >= 11 is 6.17. The summed E-state index contributed by atoms with van der Waals surface area (Å²) in [6.45, 7) is 2.29. The van der Waals surface area contributed by atoms with Crippen molar-refractivity contribution in [3.8, 4) is 5.75 Å². The van der Waals surface area contributed by atoms with Crippen molar-refractivity contribution in [2.45, 2.75) is 13.5 Å². The number of ether oxygens (including phenoxy) is 1. The molecule has 1 aromatic heterocycles. The maximum Gasteiger partial charge on any atom is 0.289 e. The van der Waals surface area contributed by atoms with Gasteiger partial charge in [-0.1, -0.05) is 29.8 Å². The lowest BCUT2D eigenvalue weighted by Gasteiger charge is -2.17. The van der Waals surface area contributed by atoms with E-state index in [-0.39, 0.29) is 5.91 Å². The van der Waals surface area contributed by atoms with Crippen LogP contribution in [-0.4, -0.2) is 25.0 Å². The van der Waals surface area contributed by atoms with Gasteiger partial charge in [0.25, 0.3) is 5.91 Å². The quantitative estimate of drug-likeness (QED) is 0.691. The molecule has 0 unspecified atom stereocenters. The summed E-state index contributed by atoms with van der Waals surface area (Å²) in [7, 11) is 3.35. The van der Waals surface area contributed by atoms with Crippen molar-refractivity contribution in [2.24, 2.45) is 0 Å². The van der Waals surface area contributed by atoms with Gasteiger partial charge in [-0.15, -0.1) is 0 Å². The van der Waals surface area contributed by atoms with Crippen LogP contribution >= 0.6 is 11.6 Å².